The molecule has 0 radical (unpaired) electrons. The summed E-state index contributed by atoms with van der Waals surface area (Å²) in [6.45, 7) is 7.52. The quantitative estimate of drug-likeness (QED) is 0.520. The van der Waals surface area contributed by atoms with E-state index in [0.29, 0.717) is 0 Å². The Hall–Kier alpha value is -2.45. The number of hydrogen-bond donors (Lipinski definition) is 3. The highest BCUT2D eigenvalue weighted by Gasteiger charge is 2.22. The fourth-order valence-corrected chi connectivity index (χ4v) is 2.79. The average molecular weight is 328 g/mol. The molecule has 0 saturated heterocycles. The van der Waals surface area contributed by atoms with E-state index in [-0.39, 0.29) is 6.17 Å². The molecule has 1 atom stereocenters. The van der Waals surface area contributed by atoms with Crippen LogP contribution in [0.25, 0.3) is 0 Å². The highest BCUT2D eigenvalue weighted by molar-refractivity contribution is 4.93. The van der Waals surface area contributed by atoms with Crippen molar-refractivity contribution in [3.63, 3.8) is 0 Å². The SMILES string of the molecule is CCN(Cc1ncc[nH]1)C(C)N(Cc1ncc[nH]1)Cc1ncc[nH]1. The first-order valence-electron chi connectivity index (χ1n) is 8.19. The van der Waals surface area contributed by atoms with Crippen LogP contribution in [-0.2, 0) is 19.6 Å². The van der Waals surface area contributed by atoms with Crippen molar-refractivity contribution in [2.24, 2.45) is 0 Å². The van der Waals surface area contributed by atoms with E-state index < -0.39 is 0 Å². The van der Waals surface area contributed by atoms with Gasteiger partial charge in [-0.2, -0.15) is 0 Å². The Kier molecular flexibility index (Phi) is 5.39. The molecular weight excluding hydrogens is 304 g/mol. The summed E-state index contributed by atoms with van der Waals surface area (Å²) >= 11 is 0. The van der Waals surface area contributed by atoms with Crippen LogP contribution in [0.4, 0.5) is 0 Å². The van der Waals surface area contributed by atoms with Crippen LogP contribution in [0.5, 0.6) is 0 Å². The summed E-state index contributed by atoms with van der Waals surface area (Å²) in [7, 11) is 0. The van der Waals surface area contributed by atoms with Gasteiger partial charge in [0.2, 0.25) is 0 Å². The molecule has 3 N–H and O–H groups in total. The van der Waals surface area contributed by atoms with Gasteiger partial charge in [0.25, 0.3) is 0 Å². The zero-order chi connectivity index (χ0) is 16.8. The third-order valence-corrected chi connectivity index (χ3v) is 4.19. The molecular formula is C16H24N8. The molecule has 0 aromatic carbocycles. The second-order valence-electron chi connectivity index (χ2n) is 5.71. The molecule has 128 valence electrons. The molecule has 8 nitrogen and oxygen atoms in total. The Morgan fingerprint density at radius 2 is 1.21 bits per heavy atom. The van der Waals surface area contributed by atoms with E-state index in [1.165, 1.54) is 0 Å². The summed E-state index contributed by atoms with van der Waals surface area (Å²) in [5.74, 6) is 2.87. The van der Waals surface area contributed by atoms with Crippen LogP contribution >= 0.6 is 0 Å². The van der Waals surface area contributed by atoms with Crippen LogP contribution < -0.4 is 0 Å². The number of H-pyrrole nitrogens is 3. The van der Waals surface area contributed by atoms with Crippen LogP contribution in [0.1, 0.15) is 31.3 Å². The maximum Gasteiger partial charge on any atom is 0.120 e. The van der Waals surface area contributed by atoms with Crippen molar-refractivity contribution in [3.8, 4) is 0 Å². The predicted molar refractivity (Wildman–Crippen MR) is 90.6 cm³/mol. The number of aromatic nitrogens is 6. The Balaban J connectivity index is 1.73. The van der Waals surface area contributed by atoms with E-state index in [9.17, 15) is 0 Å². The number of hydrogen-bond acceptors (Lipinski definition) is 5. The molecule has 0 amide bonds. The standard InChI is InChI=1S/C16H24N8/c1-3-23(10-14-17-4-5-18-14)13(2)24(11-15-19-6-7-20-15)12-16-21-8-9-22-16/h4-9,13H,3,10-12H2,1-2H3,(H,17,18)(H,19,20)(H,21,22). The van der Waals surface area contributed by atoms with E-state index >= 15 is 0 Å². The molecule has 3 heterocycles. The van der Waals surface area contributed by atoms with Crippen LogP contribution in [0.15, 0.2) is 37.2 Å². The number of aromatic amines is 3. The fraction of sp³-hybridized carbons (Fsp3) is 0.438. The maximum absolute atomic E-state index is 4.36. The molecule has 0 aliphatic carbocycles. The minimum atomic E-state index is 0.204. The maximum atomic E-state index is 4.36. The first kappa shape index (κ1) is 16.4. The van der Waals surface area contributed by atoms with E-state index in [2.05, 4.69) is 53.6 Å². The number of imidazole rings is 3. The van der Waals surface area contributed by atoms with Crippen molar-refractivity contribution in [3.05, 3.63) is 54.7 Å². The third-order valence-electron chi connectivity index (χ3n) is 4.19. The molecule has 24 heavy (non-hydrogen) atoms. The number of rotatable bonds is 9. The lowest BCUT2D eigenvalue weighted by atomic mass is 10.3. The summed E-state index contributed by atoms with van der Waals surface area (Å²) in [6.07, 6.45) is 11.1. The molecule has 3 aromatic rings. The number of nitrogens with one attached hydrogen (secondary N) is 3. The second kappa shape index (κ2) is 7.89. The lowest BCUT2D eigenvalue weighted by Crippen LogP contribution is -2.45. The van der Waals surface area contributed by atoms with Crippen LogP contribution in [0.2, 0.25) is 0 Å². The highest BCUT2D eigenvalue weighted by atomic mass is 15.4. The highest BCUT2D eigenvalue weighted by Crippen LogP contribution is 2.14. The van der Waals surface area contributed by atoms with Gasteiger partial charge < -0.3 is 15.0 Å². The van der Waals surface area contributed by atoms with E-state index in [1.54, 1.807) is 18.6 Å². The lowest BCUT2D eigenvalue weighted by molar-refractivity contribution is 0.0356. The van der Waals surface area contributed by atoms with Gasteiger partial charge in [-0.25, -0.2) is 15.0 Å². The Morgan fingerprint density at radius 3 is 1.54 bits per heavy atom. The smallest absolute Gasteiger partial charge is 0.120 e. The van der Waals surface area contributed by atoms with Crippen molar-refractivity contribution < 1.29 is 0 Å². The van der Waals surface area contributed by atoms with Crippen molar-refractivity contribution in [1.82, 2.24) is 39.7 Å². The summed E-state index contributed by atoms with van der Waals surface area (Å²) < 4.78 is 0. The van der Waals surface area contributed by atoms with Gasteiger partial charge in [-0.15, -0.1) is 0 Å². The van der Waals surface area contributed by atoms with E-state index in [0.717, 1.165) is 43.7 Å². The van der Waals surface area contributed by atoms with Gasteiger partial charge >= 0.3 is 0 Å². The van der Waals surface area contributed by atoms with Crippen LogP contribution in [-0.4, -0.2) is 52.4 Å². The molecule has 0 saturated carbocycles. The molecule has 0 aliphatic rings. The molecule has 3 aromatic heterocycles. The summed E-state index contributed by atoms with van der Waals surface area (Å²) in [5.41, 5.74) is 0. The Labute approximate surface area is 141 Å². The monoisotopic (exact) mass is 328 g/mol. The van der Waals surface area contributed by atoms with Crippen molar-refractivity contribution in [2.75, 3.05) is 6.54 Å². The van der Waals surface area contributed by atoms with Crippen molar-refractivity contribution in [1.29, 1.82) is 0 Å². The van der Waals surface area contributed by atoms with Gasteiger partial charge in [-0.1, -0.05) is 6.92 Å². The Morgan fingerprint density at radius 1 is 0.792 bits per heavy atom. The minimum absolute atomic E-state index is 0.204. The Bertz CT molecular complexity index is 638. The summed E-state index contributed by atoms with van der Waals surface area (Å²) in [5, 5.41) is 0. The van der Waals surface area contributed by atoms with E-state index in [1.807, 2.05) is 18.6 Å². The molecule has 0 bridgehead atoms. The van der Waals surface area contributed by atoms with Gasteiger partial charge in [-0.3, -0.25) is 9.80 Å². The normalized spacial score (nSPS) is 13.0. The molecule has 8 heteroatoms. The first-order valence-corrected chi connectivity index (χ1v) is 8.19. The average Bonchev–Trinajstić information content (AvgIpc) is 3.34. The second-order valence-corrected chi connectivity index (χ2v) is 5.71. The fourth-order valence-electron chi connectivity index (χ4n) is 2.79. The lowest BCUT2D eigenvalue weighted by Gasteiger charge is -2.36. The van der Waals surface area contributed by atoms with Gasteiger partial charge in [0.05, 0.1) is 25.8 Å². The van der Waals surface area contributed by atoms with Gasteiger partial charge in [0.1, 0.15) is 17.5 Å². The summed E-state index contributed by atoms with van der Waals surface area (Å²) in [4.78, 5) is 27.3. The molecule has 3 rings (SSSR count). The van der Waals surface area contributed by atoms with Crippen LogP contribution in [0.3, 0.4) is 0 Å². The minimum Gasteiger partial charge on any atom is -0.348 e. The van der Waals surface area contributed by atoms with E-state index in [4.69, 9.17) is 0 Å². The first-order chi connectivity index (χ1) is 11.8. The van der Waals surface area contributed by atoms with Gasteiger partial charge in [0.15, 0.2) is 0 Å². The summed E-state index contributed by atoms with van der Waals surface area (Å²) in [6, 6.07) is 0. The van der Waals surface area contributed by atoms with Crippen molar-refractivity contribution in [2.45, 2.75) is 39.6 Å². The third kappa shape index (κ3) is 4.09. The molecule has 0 fully saturated rings. The molecule has 0 spiro atoms. The van der Waals surface area contributed by atoms with Gasteiger partial charge in [0, 0.05) is 37.2 Å². The molecule has 0 aliphatic heterocycles. The number of nitrogens with zero attached hydrogens (tertiary/aromatic N) is 5. The van der Waals surface area contributed by atoms with Gasteiger partial charge in [-0.05, 0) is 13.5 Å². The predicted octanol–water partition coefficient (Wildman–Crippen LogP) is 1.73. The zero-order valence-corrected chi connectivity index (χ0v) is 14.1. The topological polar surface area (TPSA) is 92.5 Å². The van der Waals surface area contributed by atoms with Crippen molar-refractivity contribution >= 4 is 0 Å². The molecule has 1 unspecified atom stereocenters. The zero-order valence-electron chi connectivity index (χ0n) is 14.1. The van der Waals surface area contributed by atoms with Crippen LogP contribution in [0, 0.1) is 0 Å². The largest absolute Gasteiger partial charge is 0.348 e.